The Balaban J connectivity index is 1.49. The number of aromatic nitrogens is 1. The largest absolute Gasteiger partial charge is 0.358 e. The van der Waals surface area contributed by atoms with E-state index in [4.69, 9.17) is 0 Å². The molecule has 2 aliphatic heterocycles. The molecular formula is C21H29N3O. The molecule has 134 valence electrons. The molecule has 3 heterocycles. The number of hydrogen-bond acceptors (Lipinski definition) is 2. The number of fused-ring (bicyclic) bond motifs is 3. The van der Waals surface area contributed by atoms with Crippen LogP contribution in [0.15, 0.2) is 18.2 Å². The van der Waals surface area contributed by atoms with Crippen LogP contribution in [0.5, 0.6) is 0 Å². The molecule has 1 amide bonds. The van der Waals surface area contributed by atoms with Crippen LogP contribution in [-0.4, -0.2) is 46.9 Å². The fraction of sp³-hybridized carbons (Fsp3) is 0.571. The van der Waals surface area contributed by atoms with E-state index in [0.717, 1.165) is 32.6 Å². The van der Waals surface area contributed by atoms with E-state index in [0.29, 0.717) is 18.4 Å². The summed E-state index contributed by atoms with van der Waals surface area (Å²) in [5.41, 5.74) is 5.10. The maximum atomic E-state index is 12.9. The van der Waals surface area contributed by atoms with Gasteiger partial charge in [0.15, 0.2) is 0 Å². The van der Waals surface area contributed by atoms with Crippen LogP contribution in [0.25, 0.3) is 10.9 Å². The molecule has 0 bridgehead atoms. The Morgan fingerprint density at radius 1 is 1.24 bits per heavy atom. The van der Waals surface area contributed by atoms with Gasteiger partial charge < -0.3 is 9.88 Å². The van der Waals surface area contributed by atoms with Gasteiger partial charge in [-0.15, -0.1) is 0 Å². The molecule has 0 aliphatic carbocycles. The number of aromatic amines is 1. The Bertz CT molecular complexity index is 784. The van der Waals surface area contributed by atoms with E-state index in [1.165, 1.54) is 34.1 Å². The minimum atomic E-state index is 0.286. The highest BCUT2D eigenvalue weighted by Gasteiger charge is 2.28. The van der Waals surface area contributed by atoms with Crippen molar-refractivity contribution >= 4 is 16.8 Å². The Labute approximate surface area is 150 Å². The van der Waals surface area contributed by atoms with Gasteiger partial charge in [0.25, 0.3) is 0 Å². The lowest BCUT2D eigenvalue weighted by Crippen LogP contribution is -2.46. The second-order valence-corrected chi connectivity index (χ2v) is 8.34. The monoisotopic (exact) mass is 339 g/mol. The number of amides is 1. The number of aryl methyl sites for hydroxylation is 1. The summed E-state index contributed by atoms with van der Waals surface area (Å²) < 4.78 is 0. The Kier molecular flexibility index (Phi) is 4.32. The van der Waals surface area contributed by atoms with Gasteiger partial charge in [-0.2, -0.15) is 0 Å². The van der Waals surface area contributed by atoms with Crippen molar-refractivity contribution in [2.24, 2.45) is 11.8 Å². The number of H-pyrrole nitrogens is 1. The molecule has 1 fully saturated rings. The molecule has 1 saturated heterocycles. The van der Waals surface area contributed by atoms with Gasteiger partial charge in [0, 0.05) is 54.8 Å². The van der Waals surface area contributed by atoms with E-state index < -0.39 is 0 Å². The van der Waals surface area contributed by atoms with Gasteiger partial charge in [0.2, 0.25) is 5.91 Å². The van der Waals surface area contributed by atoms with Crippen LogP contribution in [-0.2, 0) is 17.8 Å². The molecule has 4 rings (SSSR count). The molecule has 0 saturated carbocycles. The molecule has 4 nitrogen and oxygen atoms in total. The summed E-state index contributed by atoms with van der Waals surface area (Å²) in [6.07, 6.45) is 2.22. The van der Waals surface area contributed by atoms with Crippen molar-refractivity contribution in [3.05, 3.63) is 35.0 Å². The van der Waals surface area contributed by atoms with Crippen molar-refractivity contribution in [2.45, 2.75) is 40.2 Å². The molecular weight excluding hydrogens is 310 g/mol. The molecule has 0 unspecified atom stereocenters. The predicted molar refractivity (Wildman–Crippen MR) is 102 cm³/mol. The second-order valence-electron chi connectivity index (χ2n) is 8.34. The summed E-state index contributed by atoms with van der Waals surface area (Å²) in [7, 11) is 0. The van der Waals surface area contributed by atoms with E-state index in [1.807, 2.05) is 0 Å². The van der Waals surface area contributed by atoms with Gasteiger partial charge in [-0.05, 0) is 37.3 Å². The third-order valence-electron chi connectivity index (χ3n) is 5.79. The lowest BCUT2D eigenvalue weighted by Gasteiger charge is -2.36. The highest BCUT2D eigenvalue weighted by atomic mass is 16.2. The Morgan fingerprint density at radius 3 is 2.76 bits per heavy atom. The van der Waals surface area contributed by atoms with E-state index in [1.54, 1.807) is 0 Å². The zero-order chi connectivity index (χ0) is 17.6. The number of likely N-dealkylation sites (tertiary alicyclic amines) is 1. The lowest BCUT2D eigenvalue weighted by atomic mass is 9.92. The fourth-order valence-electron chi connectivity index (χ4n) is 4.75. The molecule has 1 aromatic carbocycles. The molecule has 2 aliphatic rings. The lowest BCUT2D eigenvalue weighted by molar-refractivity contribution is -0.134. The number of nitrogens with zero attached hydrogens (tertiary/aromatic N) is 2. The van der Waals surface area contributed by atoms with Crippen molar-refractivity contribution in [2.75, 3.05) is 26.2 Å². The molecule has 2 aromatic rings. The summed E-state index contributed by atoms with van der Waals surface area (Å²) in [5.74, 6) is 1.68. The van der Waals surface area contributed by atoms with Crippen molar-refractivity contribution in [3.63, 3.8) is 0 Å². The van der Waals surface area contributed by atoms with E-state index in [-0.39, 0.29) is 5.91 Å². The number of piperidine rings is 1. The number of carbonyl (C=O) groups excluding carboxylic acids is 1. The van der Waals surface area contributed by atoms with Gasteiger partial charge in [0.1, 0.15) is 0 Å². The Morgan fingerprint density at radius 2 is 2.00 bits per heavy atom. The van der Waals surface area contributed by atoms with Gasteiger partial charge in [-0.3, -0.25) is 9.69 Å². The topological polar surface area (TPSA) is 39.3 Å². The van der Waals surface area contributed by atoms with Gasteiger partial charge in [-0.25, -0.2) is 0 Å². The van der Waals surface area contributed by atoms with Crippen molar-refractivity contribution in [1.82, 2.24) is 14.8 Å². The fourth-order valence-corrected chi connectivity index (χ4v) is 4.75. The number of hydrogen-bond donors (Lipinski definition) is 1. The highest BCUT2D eigenvalue weighted by Crippen LogP contribution is 2.29. The first-order valence-electron chi connectivity index (χ1n) is 9.60. The first-order valence-corrected chi connectivity index (χ1v) is 9.60. The maximum absolute atomic E-state index is 12.9. The van der Waals surface area contributed by atoms with Crippen LogP contribution in [0, 0.1) is 18.8 Å². The van der Waals surface area contributed by atoms with Gasteiger partial charge >= 0.3 is 0 Å². The second kappa shape index (κ2) is 6.49. The summed E-state index contributed by atoms with van der Waals surface area (Å²) in [6, 6.07) is 6.55. The van der Waals surface area contributed by atoms with E-state index >= 15 is 0 Å². The van der Waals surface area contributed by atoms with Crippen molar-refractivity contribution in [1.29, 1.82) is 0 Å². The average Bonchev–Trinajstić information content (AvgIpc) is 2.91. The highest BCUT2D eigenvalue weighted by molar-refractivity contribution is 5.87. The van der Waals surface area contributed by atoms with Crippen LogP contribution in [0.2, 0.25) is 0 Å². The van der Waals surface area contributed by atoms with Gasteiger partial charge in [0.05, 0.1) is 6.54 Å². The SMILES string of the molecule is Cc1ccc2[nH]c3c(c2c1)CN(C(=O)CN1C[C@H](C)C[C@H](C)C1)CC3. The minimum absolute atomic E-state index is 0.286. The molecule has 25 heavy (non-hydrogen) atoms. The third-order valence-corrected chi connectivity index (χ3v) is 5.79. The zero-order valence-corrected chi connectivity index (χ0v) is 15.6. The zero-order valence-electron chi connectivity index (χ0n) is 15.6. The number of benzene rings is 1. The van der Waals surface area contributed by atoms with Crippen molar-refractivity contribution < 1.29 is 4.79 Å². The minimum Gasteiger partial charge on any atom is -0.358 e. The van der Waals surface area contributed by atoms with Crippen LogP contribution in [0.4, 0.5) is 0 Å². The molecule has 2 atom stereocenters. The summed E-state index contributed by atoms with van der Waals surface area (Å²) in [5, 5.41) is 1.28. The molecule has 1 N–H and O–H groups in total. The third kappa shape index (κ3) is 3.32. The summed E-state index contributed by atoms with van der Waals surface area (Å²) in [4.78, 5) is 20.9. The van der Waals surface area contributed by atoms with Crippen LogP contribution < -0.4 is 0 Å². The van der Waals surface area contributed by atoms with Crippen LogP contribution in [0.1, 0.15) is 37.1 Å². The standard InChI is InChI=1S/C21H29N3O/c1-14-4-5-19-17(9-14)18-12-24(7-6-20(18)22-19)21(25)13-23-10-15(2)8-16(3)11-23/h4-5,9,15-16,22H,6-8,10-13H2,1-3H3/t15-,16+. The normalized spacial score (nSPS) is 24.5. The number of rotatable bonds is 2. The molecule has 0 radical (unpaired) electrons. The van der Waals surface area contributed by atoms with Gasteiger partial charge in [-0.1, -0.05) is 25.5 Å². The first kappa shape index (κ1) is 16.6. The smallest absolute Gasteiger partial charge is 0.237 e. The average molecular weight is 339 g/mol. The van der Waals surface area contributed by atoms with Crippen LogP contribution in [0.3, 0.4) is 0 Å². The number of carbonyl (C=O) groups is 1. The molecule has 1 aromatic heterocycles. The van der Waals surface area contributed by atoms with Crippen molar-refractivity contribution in [3.8, 4) is 0 Å². The van der Waals surface area contributed by atoms with E-state index in [9.17, 15) is 4.79 Å². The number of nitrogens with one attached hydrogen (secondary N) is 1. The summed E-state index contributed by atoms with van der Waals surface area (Å²) >= 11 is 0. The van der Waals surface area contributed by atoms with Crippen LogP contribution >= 0.6 is 0 Å². The quantitative estimate of drug-likeness (QED) is 0.911. The summed E-state index contributed by atoms with van der Waals surface area (Å²) in [6.45, 7) is 11.0. The van der Waals surface area contributed by atoms with E-state index in [2.05, 4.69) is 53.8 Å². The predicted octanol–water partition coefficient (Wildman–Crippen LogP) is 3.34. The Hall–Kier alpha value is -1.81. The molecule has 4 heteroatoms. The molecule has 0 spiro atoms. The first-order chi connectivity index (χ1) is 12.0. The maximum Gasteiger partial charge on any atom is 0.237 e.